The van der Waals surface area contributed by atoms with E-state index >= 15 is 0 Å². The molecule has 0 spiro atoms. The number of unbranched alkanes of at least 4 members (excludes halogenated alkanes) is 5. The van der Waals surface area contributed by atoms with Crippen LogP contribution in [-0.2, 0) is 32.7 Å². The van der Waals surface area contributed by atoms with Gasteiger partial charge in [-0.3, -0.25) is 18.6 Å². The van der Waals surface area contributed by atoms with E-state index in [4.69, 9.17) is 24.3 Å². The van der Waals surface area contributed by atoms with Crippen molar-refractivity contribution in [2.75, 3.05) is 26.4 Å². The van der Waals surface area contributed by atoms with Crippen molar-refractivity contribution >= 4 is 19.8 Å². The van der Waals surface area contributed by atoms with Crippen molar-refractivity contribution in [3.8, 4) is 0 Å². The number of nitrogens with two attached hydrogens (primary N) is 1. The first-order valence-corrected chi connectivity index (χ1v) is 21.9. The van der Waals surface area contributed by atoms with E-state index in [1.165, 1.54) is 0 Å². The number of carbonyl (C=O) groups excluding carboxylic acids is 2. The second-order valence-corrected chi connectivity index (χ2v) is 14.2. The highest BCUT2D eigenvalue weighted by Crippen LogP contribution is 2.43. The Morgan fingerprint density at radius 1 is 0.545 bits per heavy atom. The Kier molecular flexibility index (Phi) is 37.9. The van der Waals surface area contributed by atoms with Gasteiger partial charge in [-0.15, -0.1) is 0 Å². The lowest BCUT2D eigenvalue weighted by Crippen LogP contribution is -2.29. The molecule has 55 heavy (non-hydrogen) atoms. The van der Waals surface area contributed by atoms with Crippen LogP contribution >= 0.6 is 7.82 Å². The molecule has 0 radical (unpaired) electrons. The zero-order valence-electron chi connectivity index (χ0n) is 33.9. The topological polar surface area (TPSA) is 134 Å². The highest BCUT2D eigenvalue weighted by atomic mass is 31.2. The Bertz CT molecular complexity index is 1260. The van der Waals surface area contributed by atoms with Gasteiger partial charge in [0.25, 0.3) is 0 Å². The second kappa shape index (κ2) is 40.3. The number of hydrogen-bond donors (Lipinski definition) is 2. The van der Waals surface area contributed by atoms with E-state index in [-0.39, 0.29) is 32.6 Å². The first kappa shape index (κ1) is 51.7. The highest BCUT2D eigenvalue weighted by Gasteiger charge is 2.25. The van der Waals surface area contributed by atoms with Gasteiger partial charge in [0.05, 0.1) is 13.2 Å². The molecule has 0 saturated carbocycles. The van der Waals surface area contributed by atoms with Gasteiger partial charge in [0, 0.05) is 19.4 Å². The molecule has 0 rings (SSSR count). The molecule has 9 nitrogen and oxygen atoms in total. The molecule has 3 N–H and O–H groups in total. The number of carbonyl (C=O) groups is 2. The zero-order valence-corrected chi connectivity index (χ0v) is 34.7. The van der Waals surface area contributed by atoms with Gasteiger partial charge in [0.1, 0.15) is 6.61 Å². The number of phosphoric acid groups is 1. The van der Waals surface area contributed by atoms with Gasteiger partial charge in [-0.1, -0.05) is 142 Å². The summed E-state index contributed by atoms with van der Waals surface area (Å²) in [5, 5.41) is 0. The summed E-state index contributed by atoms with van der Waals surface area (Å²) in [6, 6.07) is 0. The third kappa shape index (κ3) is 40.2. The van der Waals surface area contributed by atoms with Gasteiger partial charge in [0.15, 0.2) is 6.10 Å². The Labute approximate surface area is 333 Å². The maximum atomic E-state index is 12.5. The Balaban J connectivity index is 4.37. The molecule has 0 heterocycles. The molecular formula is C45H72NO8P. The Morgan fingerprint density at radius 3 is 1.47 bits per heavy atom. The minimum atomic E-state index is -4.40. The van der Waals surface area contributed by atoms with Gasteiger partial charge >= 0.3 is 19.8 Å². The lowest BCUT2D eigenvalue weighted by Gasteiger charge is -2.19. The Morgan fingerprint density at radius 2 is 0.982 bits per heavy atom. The predicted octanol–water partition coefficient (Wildman–Crippen LogP) is 11.6. The quantitative estimate of drug-likeness (QED) is 0.0275. The average molecular weight is 786 g/mol. The van der Waals surface area contributed by atoms with E-state index in [9.17, 15) is 19.0 Å². The fourth-order valence-electron chi connectivity index (χ4n) is 4.73. The number of hydrogen-bond acceptors (Lipinski definition) is 8. The number of phosphoric ester groups is 1. The van der Waals surface area contributed by atoms with Gasteiger partial charge < -0.3 is 20.1 Å². The first-order valence-electron chi connectivity index (χ1n) is 20.4. The van der Waals surface area contributed by atoms with Crippen molar-refractivity contribution in [2.24, 2.45) is 5.73 Å². The van der Waals surface area contributed by atoms with Crippen molar-refractivity contribution in [3.63, 3.8) is 0 Å². The zero-order chi connectivity index (χ0) is 40.3. The van der Waals surface area contributed by atoms with Crippen LogP contribution in [0.25, 0.3) is 0 Å². The molecule has 0 bridgehead atoms. The van der Waals surface area contributed by atoms with Crippen molar-refractivity contribution in [1.29, 1.82) is 0 Å². The van der Waals surface area contributed by atoms with Crippen LogP contribution in [0.2, 0.25) is 0 Å². The van der Waals surface area contributed by atoms with Gasteiger partial charge in [-0.2, -0.15) is 0 Å². The second-order valence-electron chi connectivity index (χ2n) is 12.7. The molecule has 0 saturated heterocycles. The number of allylic oxidation sites excluding steroid dienone is 18. The minimum absolute atomic E-state index is 0.0342. The van der Waals surface area contributed by atoms with Crippen LogP contribution in [0.15, 0.2) is 109 Å². The van der Waals surface area contributed by atoms with Crippen molar-refractivity contribution in [2.45, 2.75) is 136 Å². The van der Waals surface area contributed by atoms with Gasteiger partial charge in [-0.05, 0) is 83.5 Å². The molecule has 0 fully saturated rings. The third-order valence-electron chi connectivity index (χ3n) is 7.67. The maximum Gasteiger partial charge on any atom is 0.472 e. The largest absolute Gasteiger partial charge is 0.472 e. The van der Waals surface area contributed by atoms with E-state index < -0.39 is 32.5 Å². The van der Waals surface area contributed by atoms with Crippen LogP contribution in [0.5, 0.6) is 0 Å². The van der Waals surface area contributed by atoms with Crippen molar-refractivity contribution < 1.29 is 37.6 Å². The van der Waals surface area contributed by atoms with Crippen LogP contribution in [0.4, 0.5) is 0 Å². The number of esters is 2. The molecule has 0 aliphatic heterocycles. The van der Waals surface area contributed by atoms with E-state index in [0.717, 1.165) is 89.9 Å². The molecule has 0 aromatic carbocycles. The molecule has 310 valence electrons. The minimum Gasteiger partial charge on any atom is -0.462 e. The van der Waals surface area contributed by atoms with Crippen LogP contribution in [0, 0.1) is 0 Å². The third-order valence-corrected chi connectivity index (χ3v) is 8.65. The number of rotatable bonds is 36. The molecule has 0 aliphatic rings. The lowest BCUT2D eigenvalue weighted by atomic mass is 10.1. The predicted molar refractivity (Wildman–Crippen MR) is 228 cm³/mol. The molecule has 10 heteroatoms. The molecule has 0 amide bonds. The summed E-state index contributed by atoms with van der Waals surface area (Å²) < 4.78 is 32.6. The summed E-state index contributed by atoms with van der Waals surface area (Å²) in [6.45, 7) is 3.36. The Hall–Kier alpha value is -3.33. The number of ether oxygens (including phenoxy) is 2. The summed E-state index contributed by atoms with van der Waals surface area (Å²) >= 11 is 0. The van der Waals surface area contributed by atoms with E-state index in [1.54, 1.807) is 0 Å². The molecule has 2 atom stereocenters. The molecule has 1 unspecified atom stereocenters. The molecule has 0 aliphatic carbocycles. The van der Waals surface area contributed by atoms with Crippen LogP contribution in [-0.4, -0.2) is 49.3 Å². The molecule has 0 aromatic heterocycles. The van der Waals surface area contributed by atoms with Crippen LogP contribution < -0.4 is 5.73 Å². The SMILES string of the molecule is CC/C=C/C/C=C/C/C=C/C/C=C/C/C=C/C/C=C/CCC(=O)OC[C@H](COP(=O)(O)OCCN)OC(=O)CCCCCCC/C=C/C/C=C/C/C=C/CC. The maximum absolute atomic E-state index is 12.5. The van der Waals surface area contributed by atoms with E-state index in [0.29, 0.717) is 12.8 Å². The summed E-state index contributed by atoms with van der Waals surface area (Å²) in [5.74, 6) is -0.960. The average Bonchev–Trinajstić information content (AvgIpc) is 3.17. The summed E-state index contributed by atoms with van der Waals surface area (Å²) in [5.41, 5.74) is 5.33. The fourth-order valence-corrected chi connectivity index (χ4v) is 5.50. The normalized spacial score (nSPS) is 14.5. The molecule has 0 aromatic rings. The highest BCUT2D eigenvalue weighted by molar-refractivity contribution is 7.47. The van der Waals surface area contributed by atoms with Crippen LogP contribution in [0.3, 0.4) is 0 Å². The summed E-state index contributed by atoms with van der Waals surface area (Å²) in [6.07, 6.45) is 52.8. The van der Waals surface area contributed by atoms with Crippen molar-refractivity contribution in [1.82, 2.24) is 0 Å². The van der Waals surface area contributed by atoms with Crippen LogP contribution in [0.1, 0.15) is 129 Å². The molecular weight excluding hydrogens is 713 g/mol. The standard InChI is InChI=1S/C45H72NO8P/c1-3-5-7-9-11-13-15-17-19-20-21-22-24-25-27-29-31-33-35-37-44(47)51-41-43(42-53-55(49,50)52-40-39-46)54-45(48)38-36-34-32-30-28-26-23-18-16-14-12-10-8-6-4-2/h5-8,11-14,17-19,21-23,25,27,31,33,43H,3-4,9-10,15-16,20,24,26,28-30,32,34-42,46H2,1-2H3,(H,49,50)/b7-5+,8-6+,13-11+,14-12+,19-17+,22-21+,23-18+,27-25+,33-31+/t43-/m1/s1. The van der Waals surface area contributed by atoms with Crippen molar-refractivity contribution in [3.05, 3.63) is 109 Å². The summed E-state index contributed by atoms with van der Waals surface area (Å²) in [7, 11) is -4.40. The van der Waals surface area contributed by atoms with E-state index in [1.807, 2.05) is 12.2 Å². The van der Waals surface area contributed by atoms with E-state index in [2.05, 4.69) is 111 Å². The lowest BCUT2D eigenvalue weighted by molar-refractivity contribution is -0.161. The van der Waals surface area contributed by atoms with Gasteiger partial charge in [-0.25, -0.2) is 4.57 Å². The smallest absolute Gasteiger partial charge is 0.462 e. The first-order chi connectivity index (χ1) is 26.8. The van der Waals surface area contributed by atoms with Gasteiger partial charge in [0.2, 0.25) is 0 Å². The fraction of sp³-hybridized carbons (Fsp3) is 0.556. The monoisotopic (exact) mass is 785 g/mol. The summed E-state index contributed by atoms with van der Waals surface area (Å²) in [4.78, 5) is 34.8.